The number of carbonyl (C=O) groups excluding carboxylic acids is 1. The number of rotatable bonds is 5. The van der Waals surface area contributed by atoms with Crippen LogP contribution < -0.4 is 0 Å². The zero-order valence-corrected chi connectivity index (χ0v) is 13.5. The maximum Gasteiger partial charge on any atom is 0.416 e. The second-order valence-corrected chi connectivity index (χ2v) is 5.47. The van der Waals surface area contributed by atoms with E-state index in [1.54, 1.807) is 6.92 Å². The third-order valence-electron chi connectivity index (χ3n) is 3.67. The standard InChI is InChI=1S/C16H16F3N3O3/c1-10-13(15(25)21(2)7-6-14(23)24)9-20-22(10)12-5-3-4-11(8-12)16(17,18)19/h3-5,8-9H,6-7H2,1-2H3,(H,23,24). The number of hydrogen-bond donors (Lipinski definition) is 1. The third-order valence-corrected chi connectivity index (χ3v) is 3.67. The van der Waals surface area contributed by atoms with Crippen LogP contribution in [0.5, 0.6) is 0 Å². The minimum atomic E-state index is -4.48. The van der Waals surface area contributed by atoms with Gasteiger partial charge in [-0.3, -0.25) is 9.59 Å². The summed E-state index contributed by atoms with van der Waals surface area (Å²) in [4.78, 5) is 24.2. The van der Waals surface area contributed by atoms with Crippen LogP contribution in [0.15, 0.2) is 30.5 Å². The number of aliphatic carboxylic acids is 1. The molecule has 0 saturated carbocycles. The van der Waals surface area contributed by atoms with E-state index < -0.39 is 23.6 Å². The van der Waals surface area contributed by atoms with Crippen molar-refractivity contribution in [2.24, 2.45) is 0 Å². The molecule has 0 radical (unpaired) electrons. The van der Waals surface area contributed by atoms with E-state index in [0.29, 0.717) is 5.69 Å². The fraction of sp³-hybridized carbons (Fsp3) is 0.312. The third kappa shape index (κ3) is 4.17. The first-order valence-electron chi connectivity index (χ1n) is 7.30. The van der Waals surface area contributed by atoms with Crippen LogP contribution in [0.2, 0.25) is 0 Å². The molecular formula is C16H16F3N3O3. The van der Waals surface area contributed by atoms with Gasteiger partial charge in [-0.05, 0) is 25.1 Å². The van der Waals surface area contributed by atoms with E-state index in [1.165, 1.54) is 35.0 Å². The van der Waals surface area contributed by atoms with Crippen LogP contribution in [0.25, 0.3) is 5.69 Å². The van der Waals surface area contributed by atoms with Crippen molar-refractivity contribution in [2.45, 2.75) is 19.5 Å². The Morgan fingerprint density at radius 2 is 2.00 bits per heavy atom. The highest BCUT2D eigenvalue weighted by Crippen LogP contribution is 2.30. The van der Waals surface area contributed by atoms with Crippen LogP contribution in [-0.2, 0) is 11.0 Å². The molecule has 0 aliphatic carbocycles. The van der Waals surface area contributed by atoms with Crippen molar-refractivity contribution in [3.05, 3.63) is 47.3 Å². The average Bonchev–Trinajstić information content (AvgIpc) is 2.92. The molecule has 6 nitrogen and oxygen atoms in total. The summed E-state index contributed by atoms with van der Waals surface area (Å²) in [6, 6.07) is 4.62. The van der Waals surface area contributed by atoms with Gasteiger partial charge in [0.15, 0.2) is 0 Å². The molecule has 0 unspecified atom stereocenters. The Labute approximate surface area is 141 Å². The van der Waals surface area contributed by atoms with Crippen LogP contribution in [0.4, 0.5) is 13.2 Å². The molecule has 0 atom stereocenters. The molecule has 0 spiro atoms. The number of aromatic nitrogens is 2. The number of alkyl halides is 3. The lowest BCUT2D eigenvalue weighted by molar-refractivity contribution is -0.138. The highest BCUT2D eigenvalue weighted by Gasteiger charge is 2.30. The fourth-order valence-electron chi connectivity index (χ4n) is 2.26. The van der Waals surface area contributed by atoms with Crippen LogP contribution >= 0.6 is 0 Å². The molecule has 1 aromatic heterocycles. The summed E-state index contributed by atoms with van der Waals surface area (Å²) >= 11 is 0. The monoisotopic (exact) mass is 355 g/mol. The number of carbonyl (C=O) groups is 2. The normalized spacial score (nSPS) is 11.4. The van der Waals surface area contributed by atoms with Gasteiger partial charge < -0.3 is 10.0 Å². The Balaban J connectivity index is 2.30. The smallest absolute Gasteiger partial charge is 0.416 e. The molecule has 0 bridgehead atoms. The lowest BCUT2D eigenvalue weighted by atomic mass is 10.2. The van der Waals surface area contributed by atoms with Gasteiger partial charge in [0, 0.05) is 13.6 Å². The highest BCUT2D eigenvalue weighted by molar-refractivity contribution is 5.95. The van der Waals surface area contributed by atoms with Crippen molar-refractivity contribution < 1.29 is 27.9 Å². The van der Waals surface area contributed by atoms with Gasteiger partial charge in [0.2, 0.25) is 0 Å². The number of benzene rings is 1. The molecule has 2 rings (SSSR count). The molecule has 0 fully saturated rings. The van der Waals surface area contributed by atoms with Crippen molar-refractivity contribution in [3.8, 4) is 5.69 Å². The highest BCUT2D eigenvalue weighted by atomic mass is 19.4. The maximum absolute atomic E-state index is 12.8. The molecule has 0 aliphatic rings. The predicted octanol–water partition coefficient (Wildman–Crippen LogP) is 2.75. The number of carboxylic acid groups (broad SMARTS) is 1. The molecule has 1 N–H and O–H groups in total. The molecule has 25 heavy (non-hydrogen) atoms. The first kappa shape index (κ1) is 18.5. The van der Waals surface area contributed by atoms with Gasteiger partial charge in [-0.2, -0.15) is 18.3 Å². The van der Waals surface area contributed by atoms with E-state index in [1.807, 2.05) is 0 Å². The lowest BCUT2D eigenvalue weighted by Gasteiger charge is -2.16. The van der Waals surface area contributed by atoms with Crippen LogP contribution in [0, 0.1) is 6.92 Å². The van der Waals surface area contributed by atoms with Crippen LogP contribution in [-0.4, -0.2) is 45.3 Å². The van der Waals surface area contributed by atoms with Crippen molar-refractivity contribution in [1.29, 1.82) is 0 Å². The van der Waals surface area contributed by atoms with E-state index in [-0.39, 0.29) is 24.2 Å². The largest absolute Gasteiger partial charge is 0.481 e. The second-order valence-electron chi connectivity index (χ2n) is 5.47. The number of amides is 1. The van der Waals surface area contributed by atoms with Gasteiger partial charge in [0.25, 0.3) is 5.91 Å². The minimum absolute atomic E-state index is 0.0162. The molecular weight excluding hydrogens is 339 g/mol. The fourth-order valence-corrected chi connectivity index (χ4v) is 2.26. The Morgan fingerprint density at radius 1 is 1.32 bits per heavy atom. The Hall–Kier alpha value is -2.84. The Morgan fingerprint density at radius 3 is 2.60 bits per heavy atom. The summed E-state index contributed by atoms with van der Waals surface area (Å²) in [6.45, 7) is 1.58. The van der Waals surface area contributed by atoms with Crippen molar-refractivity contribution in [2.75, 3.05) is 13.6 Å². The SMILES string of the molecule is Cc1c(C(=O)N(C)CCC(=O)O)cnn1-c1cccc(C(F)(F)F)c1. The summed E-state index contributed by atoms with van der Waals surface area (Å²) in [5, 5.41) is 12.7. The quantitative estimate of drug-likeness (QED) is 0.895. The van der Waals surface area contributed by atoms with Gasteiger partial charge in [0.05, 0.1) is 35.1 Å². The Kier molecular flexibility index (Phi) is 5.15. The predicted molar refractivity (Wildman–Crippen MR) is 82.5 cm³/mol. The zero-order valence-electron chi connectivity index (χ0n) is 13.5. The van der Waals surface area contributed by atoms with Crippen molar-refractivity contribution in [1.82, 2.24) is 14.7 Å². The lowest BCUT2D eigenvalue weighted by Crippen LogP contribution is -2.29. The maximum atomic E-state index is 12.8. The van der Waals surface area contributed by atoms with E-state index in [0.717, 1.165) is 12.1 Å². The number of halogens is 3. The molecule has 0 saturated heterocycles. The molecule has 1 amide bonds. The average molecular weight is 355 g/mol. The van der Waals surface area contributed by atoms with Gasteiger partial charge in [0.1, 0.15) is 0 Å². The molecule has 9 heteroatoms. The van der Waals surface area contributed by atoms with Gasteiger partial charge in [-0.25, -0.2) is 4.68 Å². The Bertz CT molecular complexity index is 799. The summed E-state index contributed by atoms with van der Waals surface area (Å²) in [5.74, 6) is -1.48. The van der Waals surface area contributed by atoms with E-state index >= 15 is 0 Å². The van der Waals surface area contributed by atoms with Crippen LogP contribution in [0.3, 0.4) is 0 Å². The van der Waals surface area contributed by atoms with Gasteiger partial charge in [-0.1, -0.05) is 6.07 Å². The number of nitrogens with zero attached hydrogens (tertiary/aromatic N) is 3. The summed E-state index contributed by atoms with van der Waals surface area (Å²) in [7, 11) is 1.45. The number of hydrogen-bond acceptors (Lipinski definition) is 3. The summed E-state index contributed by atoms with van der Waals surface area (Å²) < 4.78 is 39.7. The molecule has 134 valence electrons. The van der Waals surface area contributed by atoms with Gasteiger partial charge >= 0.3 is 12.1 Å². The second kappa shape index (κ2) is 6.96. The van der Waals surface area contributed by atoms with E-state index in [4.69, 9.17) is 5.11 Å². The topological polar surface area (TPSA) is 75.4 Å². The zero-order chi connectivity index (χ0) is 18.8. The van der Waals surface area contributed by atoms with E-state index in [2.05, 4.69) is 5.10 Å². The van der Waals surface area contributed by atoms with E-state index in [9.17, 15) is 22.8 Å². The molecule has 2 aromatic rings. The van der Waals surface area contributed by atoms with Gasteiger partial charge in [-0.15, -0.1) is 0 Å². The van der Waals surface area contributed by atoms with Crippen molar-refractivity contribution in [3.63, 3.8) is 0 Å². The first-order valence-corrected chi connectivity index (χ1v) is 7.30. The minimum Gasteiger partial charge on any atom is -0.481 e. The molecule has 1 aromatic carbocycles. The van der Waals surface area contributed by atoms with Crippen LogP contribution in [0.1, 0.15) is 28.0 Å². The molecule has 1 heterocycles. The summed E-state index contributed by atoms with van der Waals surface area (Å²) in [5.41, 5.74) is -0.0669. The summed E-state index contributed by atoms with van der Waals surface area (Å²) in [6.07, 6.45) is -3.43. The number of carboxylic acids is 1. The molecule has 0 aliphatic heterocycles. The first-order chi connectivity index (χ1) is 11.6. The van der Waals surface area contributed by atoms with Crippen molar-refractivity contribution >= 4 is 11.9 Å².